The molecule has 1 unspecified atom stereocenters. The van der Waals surface area contributed by atoms with Gasteiger partial charge in [-0.05, 0) is 42.3 Å². The van der Waals surface area contributed by atoms with Crippen LogP contribution >= 0.6 is 0 Å². The predicted octanol–water partition coefficient (Wildman–Crippen LogP) is 3.93. The Balaban J connectivity index is 1.83. The van der Waals surface area contributed by atoms with E-state index < -0.39 is 5.97 Å². The Labute approximate surface area is 170 Å². The van der Waals surface area contributed by atoms with Crippen molar-refractivity contribution < 1.29 is 23.8 Å². The van der Waals surface area contributed by atoms with Crippen molar-refractivity contribution in [1.29, 1.82) is 0 Å². The summed E-state index contributed by atoms with van der Waals surface area (Å²) in [7, 11) is 2.94. The molecule has 0 bridgehead atoms. The van der Waals surface area contributed by atoms with Crippen LogP contribution in [-0.2, 0) is 11.3 Å². The number of anilines is 1. The number of rotatable bonds is 4. The van der Waals surface area contributed by atoms with E-state index >= 15 is 0 Å². The largest absolute Gasteiger partial charge is 0.497 e. The lowest BCUT2D eigenvalue weighted by molar-refractivity contribution is 0.0599. The minimum absolute atomic E-state index is 0.180. The van der Waals surface area contributed by atoms with Gasteiger partial charge in [0.2, 0.25) is 0 Å². The fourth-order valence-electron chi connectivity index (χ4n) is 3.11. The Hall–Kier alpha value is -3.22. The lowest BCUT2D eigenvalue weighted by Gasteiger charge is -2.26. The molecule has 2 aromatic rings. The van der Waals surface area contributed by atoms with E-state index in [-0.39, 0.29) is 18.1 Å². The van der Waals surface area contributed by atoms with E-state index in [1.165, 1.54) is 7.11 Å². The molecule has 0 saturated heterocycles. The molecule has 0 fully saturated rings. The molecule has 2 amide bonds. The van der Waals surface area contributed by atoms with Crippen LogP contribution < -0.4 is 14.8 Å². The summed E-state index contributed by atoms with van der Waals surface area (Å²) < 4.78 is 16.1. The van der Waals surface area contributed by atoms with E-state index in [1.807, 2.05) is 13.8 Å². The maximum absolute atomic E-state index is 12.9. The van der Waals surface area contributed by atoms with Crippen LogP contribution in [0.15, 0.2) is 42.5 Å². The quantitative estimate of drug-likeness (QED) is 0.790. The first kappa shape index (κ1) is 20.5. The summed E-state index contributed by atoms with van der Waals surface area (Å²) in [5.41, 5.74) is 1.94. The second-order valence-corrected chi connectivity index (χ2v) is 7.25. The molecule has 0 aliphatic carbocycles. The monoisotopic (exact) mass is 398 g/mol. The third-order valence-electron chi connectivity index (χ3n) is 4.90. The highest BCUT2D eigenvalue weighted by Crippen LogP contribution is 2.29. The summed E-state index contributed by atoms with van der Waals surface area (Å²) in [6.07, 6.45) is -0.203. The van der Waals surface area contributed by atoms with Crippen LogP contribution in [0.4, 0.5) is 10.5 Å². The van der Waals surface area contributed by atoms with Crippen molar-refractivity contribution in [2.75, 3.05) is 26.1 Å². The Morgan fingerprint density at radius 2 is 1.86 bits per heavy atom. The number of carbonyl (C=O) groups excluding carboxylic acids is 2. The minimum atomic E-state index is -0.421. The molecule has 0 radical (unpaired) electrons. The third kappa shape index (κ3) is 4.80. The van der Waals surface area contributed by atoms with E-state index in [2.05, 4.69) is 5.32 Å². The standard InChI is InChI=1S/C22H26N2O5/c1-14(2)20-13-24(22(26)23-17-7-9-18(27-3)10-8-17)12-16-6-5-15(21(25)28-4)11-19(16)29-20/h5-11,14,20H,12-13H2,1-4H3,(H,23,26). The van der Waals surface area contributed by atoms with E-state index in [4.69, 9.17) is 14.2 Å². The minimum Gasteiger partial charge on any atom is -0.497 e. The predicted molar refractivity (Wildman–Crippen MR) is 109 cm³/mol. The number of esters is 1. The fourth-order valence-corrected chi connectivity index (χ4v) is 3.11. The average Bonchev–Trinajstić information content (AvgIpc) is 2.93. The molecule has 1 N–H and O–H groups in total. The highest BCUT2D eigenvalue weighted by Gasteiger charge is 2.28. The van der Waals surface area contributed by atoms with Crippen molar-refractivity contribution in [2.24, 2.45) is 5.92 Å². The molecule has 1 aliphatic heterocycles. The maximum Gasteiger partial charge on any atom is 0.337 e. The summed E-state index contributed by atoms with van der Waals surface area (Å²) in [4.78, 5) is 26.5. The molecule has 2 aromatic carbocycles. The van der Waals surface area contributed by atoms with Crippen molar-refractivity contribution in [3.8, 4) is 11.5 Å². The van der Waals surface area contributed by atoms with Gasteiger partial charge in [-0.15, -0.1) is 0 Å². The van der Waals surface area contributed by atoms with E-state index in [0.29, 0.717) is 30.1 Å². The second-order valence-electron chi connectivity index (χ2n) is 7.25. The van der Waals surface area contributed by atoms with Crippen LogP contribution in [0.2, 0.25) is 0 Å². The van der Waals surface area contributed by atoms with Gasteiger partial charge in [0.05, 0.1) is 32.9 Å². The highest BCUT2D eigenvalue weighted by atomic mass is 16.5. The molecule has 1 atom stereocenters. The summed E-state index contributed by atoms with van der Waals surface area (Å²) >= 11 is 0. The molecule has 29 heavy (non-hydrogen) atoms. The van der Waals surface area contributed by atoms with Crippen LogP contribution in [-0.4, -0.2) is 43.8 Å². The molecule has 1 heterocycles. The van der Waals surface area contributed by atoms with Gasteiger partial charge < -0.3 is 24.4 Å². The summed E-state index contributed by atoms with van der Waals surface area (Å²) in [6.45, 7) is 4.89. The van der Waals surface area contributed by atoms with Crippen molar-refractivity contribution in [2.45, 2.75) is 26.5 Å². The van der Waals surface area contributed by atoms with Gasteiger partial charge in [0.15, 0.2) is 0 Å². The van der Waals surface area contributed by atoms with Gasteiger partial charge in [0.25, 0.3) is 0 Å². The number of hydrogen-bond donors (Lipinski definition) is 1. The first-order valence-electron chi connectivity index (χ1n) is 9.49. The van der Waals surface area contributed by atoms with Crippen molar-refractivity contribution in [1.82, 2.24) is 4.90 Å². The van der Waals surface area contributed by atoms with Crippen molar-refractivity contribution >= 4 is 17.7 Å². The third-order valence-corrected chi connectivity index (χ3v) is 4.90. The molecular formula is C22H26N2O5. The average molecular weight is 398 g/mol. The van der Waals surface area contributed by atoms with Gasteiger partial charge in [-0.1, -0.05) is 19.9 Å². The number of nitrogens with one attached hydrogen (secondary N) is 1. The molecule has 3 rings (SSSR count). The lowest BCUT2D eigenvalue weighted by atomic mass is 10.1. The topological polar surface area (TPSA) is 77.1 Å². The zero-order valence-electron chi connectivity index (χ0n) is 17.1. The number of carbonyl (C=O) groups is 2. The van der Waals surface area contributed by atoms with E-state index in [0.717, 1.165) is 11.3 Å². The molecular weight excluding hydrogens is 372 g/mol. The molecule has 0 aromatic heterocycles. The zero-order chi connectivity index (χ0) is 21.0. The maximum atomic E-state index is 12.9. The summed E-state index contributed by atoms with van der Waals surface area (Å²) in [5.74, 6) is 1.09. The number of nitrogens with zero attached hydrogens (tertiary/aromatic N) is 1. The lowest BCUT2D eigenvalue weighted by Crippen LogP contribution is -2.41. The number of hydrogen-bond acceptors (Lipinski definition) is 5. The Morgan fingerprint density at radius 3 is 2.48 bits per heavy atom. The molecule has 1 aliphatic rings. The number of amides is 2. The summed E-state index contributed by atoms with van der Waals surface area (Å²) in [5, 5.41) is 2.92. The molecule has 7 heteroatoms. The Bertz CT molecular complexity index is 879. The van der Waals surface area contributed by atoms with Gasteiger partial charge in [0.1, 0.15) is 17.6 Å². The van der Waals surface area contributed by atoms with Gasteiger partial charge in [-0.25, -0.2) is 9.59 Å². The van der Waals surface area contributed by atoms with Gasteiger partial charge in [-0.3, -0.25) is 0 Å². The van der Waals surface area contributed by atoms with E-state index in [1.54, 1.807) is 54.5 Å². The first-order chi connectivity index (χ1) is 13.9. The first-order valence-corrected chi connectivity index (χ1v) is 9.49. The zero-order valence-corrected chi connectivity index (χ0v) is 17.1. The number of ether oxygens (including phenoxy) is 3. The van der Waals surface area contributed by atoms with Crippen LogP contribution in [0.1, 0.15) is 29.8 Å². The Kier molecular flexibility index (Phi) is 6.26. The number of methoxy groups -OCH3 is 2. The van der Waals surface area contributed by atoms with Crippen LogP contribution in [0.5, 0.6) is 11.5 Å². The smallest absolute Gasteiger partial charge is 0.337 e. The number of urea groups is 1. The van der Waals surface area contributed by atoms with E-state index in [9.17, 15) is 9.59 Å². The van der Waals surface area contributed by atoms with Gasteiger partial charge in [-0.2, -0.15) is 0 Å². The molecule has 7 nitrogen and oxygen atoms in total. The highest BCUT2D eigenvalue weighted by molar-refractivity contribution is 5.90. The molecule has 154 valence electrons. The fraction of sp³-hybridized carbons (Fsp3) is 0.364. The molecule has 0 saturated carbocycles. The van der Waals surface area contributed by atoms with Crippen molar-refractivity contribution in [3.05, 3.63) is 53.6 Å². The number of fused-ring (bicyclic) bond motifs is 1. The second kappa shape index (κ2) is 8.86. The van der Waals surface area contributed by atoms with Gasteiger partial charge in [0, 0.05) is 11.3 Å². The van der Waals surface area contributed by atoms with Crippen LogP contribution in [0.3, 0.4) is 0 Å². The normalized spacial score (nSPS) is 15.8. The van der Waals surface area contributed by atoms with Crippen LogP contribution in [0.25, 0.3) is 0 Å². The van der Waals surface area contributed by atoms with Crippen LogP contribution in [0, 0.1) is 5.92 Å². The van der Waals surface area contributed by atoms with Gasteiger partial charge >= 0.3 is 12.0 Å². The Morgan fingerprint density at radius 1 is 1.14 bits per heavy atom. The van der Waals surface area contributed by atoms with Crippen molar-refractivity contribution in [3.63, 3.8) is 0 Å². The molecule has 0 spiro atoms. The summed E-state index contributed by atoms with van der Waals surface area (Å²) in [6, 6.07) is 12.1. The number of benzene rings is 2. The SMILES string of the molecule is COC(=O)c1ccc2c(c1)OC(C(C)C)CN(C(=O)Nc1ccc(OC)cc1)C2.